The van der Waals surface area contributed by atoms with Crippen LogP contribution in [0.25, 0.3) is 0 Å². The van der Waals surface area contributed by atoms with Crippen molar-refractivity contribution in [3.8, 4) is 0 Å². The highest BCUT2D eigenvalue weighted by molar-refractivity contribution is 4.91. The van der Waals surface area contributed by atoms with Gasteiger partial charge in [-0.1, -0.05) is 38.5 Å². The number of ether oxygens (including phenoxy) is 2. The third-order valence-electron chi connectivity index (χ3n) is 4.52. The number of hydrogen-bond donors (Lipinski definition) is 0. The second-order valence-electron chi connectivity index (χ2n) is 6.37. The molecular formula is C15H22F6O2. The molecule has 0 aliphatic heterocycles. The summed E-state index contributed by atoms with van der Waals surface area (Å²) in [4.78, 5) is 0. The minimum atomic E-state index is -5.67. The highest BCUT2D eigenvalue weighted by atomic mass is 19.4. The molecule has 2 aliphatic rings. The summed E-state index contributed by atoms with van der Waals surface area (Å²) >= 11 is 0. The van der Waals surface area contributed by atoms with E-state index in [4.69, 9.17) is 0 Å². The first-order valence-corrected chi connectivity index (χ1v) is 8.15. The Balaban J connectivity index is 2.25. The van der Waals surface area contributed by atoms with Crippen LogP contribution in [0.1, 0.15) is 64.2 Å². The van der Waals surface area contributed by atoms with Gasteiger partial charge in [0.1, 0.15) is 0 Å². The lowest BCUT2D eigenvalue weighted by Crippen LogP contribution is -2.63. The summed E-state index contributed by atoms with van der Waals surface area (Å²) in [6.07, 6.45) is -8.82. The molecule has 0 radical (unpaired) electrons. The maximum absolute atomic E-state index is 13.4. The van der Waals surface area contributed by atoms with Crippen molar-refractivity contribution < 1.29 is 35.8 Å². The topological polar surface area (TPSA) is 18.5 Å². The molecule has 0 N–H and O–H groups in total. The summed E-state index contributed by atoms with van der Waals surface area (Å²) < 4.78 is 89.7. The summed E-state index contributed by atoms with van der Waals surface area (Å²) in [7, 11) is 0. The van der Waals surface area contributed by atoms with Gasteiger partial charge in [0.2, 0.25) is 0 Å². The molecule has 0 aromatic heterocycles. The van der Waals surface area contributed by atoms with Crippen LogP contribution in [0.2, 0.25) is 0 Å². The second kappa shape index (κ2) is 7.17. The van der Waals surface area contributed by atoms with Crippen LogP contribution in [0.15, 0.2) is 0 Å². The number of rotatable bonds is 4. The van der Waals surface area contributed by atoms with E-state index >= 15 is 0 Å². The van der Waals surface area contributed by atoms with E-state index in [9.17, 15) is 26.3 Å². The van der Waals surface area contributed by atoms with Crippen molar-refractivity contribution in [2.75, 3.05) is 0 Å². The first kappa shape index (κ1) is 18.8. The quantitative estimate of drug-likeness (QED) is 0.493. The van der Waals surface area contributed by atoms with E-state index < -0.39 is 30.3 Å². The zero-order valence-electron chi connectivity index (χ0n) is 12.8. The SMILES string of the molecule is FC(F)(F)C(OC1CCCCC1)(OC1CCCCC1)C(F)(F)F. The number of halogens is 6. The lowest BCUT2D eigenvalue weighted by molar-refractivity contribution is -0.485. The van der Waals surface area contributed by atoms with Crippen molar-refractivity contribution in [1.82, 2.24) is 0 Å². The van der Waals surface area contributed by atoms with Crippen molar-refractivity contribution >= 4 is 0 Å². The zero-order chi connectivity index (χ0) is 17.1. The lowest BCUT2D eigenvalue weighted by atomic mass is 9.96. The average molecular weight is 348 g/mol. The third kappa shape index (κ3) is 4.32. The summed E-state index contributed by atoms with van der Waals surface area (Å²) in [6, 6.07) is 0. The van der Waals surface area contributed by atoms with Crippen LogP contribution in [-0.4, -0.2) is 30.3 Å². The molecule has 23 heavy (non-hydrogen) atoms. The lowest BCUT2D eigenvalue weighted by Gasteiger charge is -2.42. The Morgan fingerprint density at radius 2 is 0.826 bits per heavy atom. The molecule has 0 bridgehead atoms. The molecule has 0 heterocycles. The fraction of sp³-hybridized carbons (Fsp3) is 1.00. The Morgan fingerprint density at radius 1 is 0.522 bits per heavy atom. The van der Waals surface area contributed by atoms with Crippen LogP contribution >= 0.6 is 0 Å². The summed E-state index contributed by atoms with van der Waals surface area (Å²) in [5, 5.41) is 0. The van der Waals surface area contributed by atoms with Gasteiger partial charge in [0.15, 0.2) is 0 Å². The monoisotopic (exact) mass is 348 g/mol. The summed E-state index contributed by atoms with van der Waals surface area (Å²) in [5.74, 6) is -4.51. The molecule has 2 aliphatic carbocycles. The summed E-state index contributed by atoms with van der Waals surface area (Å²) in [6.45, 7) is 0. The van der Waals surface area contributed by atoms with E-state index in [1.807, 2.05) is 0 Å². The smallest absolute Gasteiger partial charge is 0.332 e. The molecule has 2 nitrogen and oxygen atoms in total. The van der Waals surface area contributed by atoms with Gasteiger partial charge in [0.05, 0.1) is 12.2 Å². The molecule has 0 aromatic carbocycles. The van der Waals surface area contributed by atoms with Crippen molar-refractivity contribution in [2.24, 2.45) is 0 Å². The average Bonchev–Trinajstić information content (AvgIpc) is 2.46. The van der Waals surface area contributed by atoms with Gasteiger partial charge in [-0.05, 0) is 25.7 Å². The molecule has 136 valence electrons. The van der Waals surface area contributed by atoms with E-state index in [2.05, 4.69) is 9.47 Å². The second-order valence-corrected chi connectivity index (χ2v) is 6.37. The largest absolute Gasteiger partial charge is 0.453 e. The minimum absolute atomic E-state index is 0.196. The molecule has 0 amide bonds. The van der Waals surface area contributed by atoms with Crippen molar-refractivity contribution in [3.05, 3.63) is 0 Å². The van der Waals surface area contributed by atoms with Crippen molar-refractivity contribution in [3.63, 3.8) is 0 Å². The van der Waals surface area contributed by atoms with Crippen LogP contribution in [0, 0.1) is 0 Å². The highest BCUT2D eigenvalue weighted by Crippen LogP contribution is 2.50. The molecule has 2 fully saturated rings. The van der Waals surface area contributed by atoms with E-state index in [-0.39, 0.29) is 25.7 Å². The molecule has 0 unspecified atom stereocenters. The first-order chi connectivity index (χ1) is 10.7. The molecule has 2 saturated carbocycles. The molecule has 0 atom stereocenters. The van der Waals surface area contributed by atoms with Gasteiger partial charge in [-0.2, -0.15) is 26.3 Å². The fourth-order valence-corrected chi connectivity index (χ4v) is 3.29. The zero-order valence-corrected chi connectivity index (χ0v) is 12.8. The van der Waals surface area contributed by atoms with Gasteiger partial charge < -0.3 is 9.47 Å². The Morgan fingerprint density at radius 3 is 1.09 bits per heavy atom. The standard InChI is InChI=1S/C15H22F6O2/c16-14(17,18)13(15(19,20)21,22-11-7-3-1-4-8-11)23-12-9-5-2-6-10-12/h11-12H,1-10H2. The van der Waals surface area contributed by atoms with Crippen LogP contribution in [-0.2, 0) is 9.47 Å². The van der Waals surface area contributed by atoms with Crippen molar-refractivity contribution in [2.45, 2.75) is 94.6 Å². The molecule has 2 rings (SSSR count). The molecule has 0 spiro atoms. The highest BCUT2D eigenvalue weighted by Gasteiger charge is 2.75. The molecule has 0 aromatic rings. The Kier molecular flexibility index (Phi) is 5.87. The molecular weight excluding hydrogens is 326 g/mol. The summed E-state index contributed by atoms with van der Waals surface area (Å²) in [5.41, 5.74) is 0. The Hall–Kier alpha value is -0.500. The predicted octanol–water partition coefficient (Wildman–Crippen LogP) is 5.51. The Labute approximate surface area is 131 Å². The molecule has 8 heteroatoms. The van der Waals surface area contributed by atoms with Crippen molar-refractivity contribution in [1.29, 1.82) is 0 Å². The Bertz CT molecular complexity index is 331. The maximum Gasteiger partial charge on any atom is 0.453 e. The van der Waals surface area contributed by atoms with Crippen LogP contribution in [0.5, 0.6) is 0 Å². The van der Waals surface area contributed by atoms with Crippen LogP contribution in [0.4, 0.5) is 26.3 Å². The molecule has 0 saturated heterocycles. The van der Waals surface area contributed by atoms with E-state index in [1.54, 1.807) is 0 Å². The van der Waals surface area contributed by atoms with Crippen LogP contribution < -0.4 is 0 Å². The van der Waals surface area contributed by atoms with E-state index in [1.165, 1.54) is 0 Å². The normalized spacial score (nSPS) is 23.2. The van der Waals surface area contributed by atoms with Gasteiger partial charge >= 0.3 is 18.1 Å². The maximum atomic E-state index is 13.4. The number of hydrogen-bond acceptors (Lipinski definition) is 2. The van der Waals surface area contributed by atoms with E-state index in [0.29, 0.717) is 25.7 Å². The van der Waals surface area contributed by atoms with E-state index in [0.717, 1.165) is 12.8 Å². The predicted molar refractivity (Wildman–Crippen MR) is 70.8 cm³/mol. The van der Waals surface area contributed by atoms with Gasteiger partial charge in [-0.25, -0.2) is 0 Å². The van der Waals surface area contributed by atoms with Gasteiger partial charge in [-0.3, -0.25) is 0 Å². The van der Waals surface area contributed by atoms with Gasteiger partial charge in [0, 0.05) is 0 Å². The third-order valence-corrected chi connectivity index (χ3v) is 4.52. The minimum Gasteiger partial charge on any atom is -0.332 e. The van der Waals surface area contributed by atoms with Gasteiger partial charge in [-0.15, -0.1) is 0 Å². The van der Waals surface area contributed by atoms with Crippen LogP contribution in [0.3, 0.4) is 0 Å². The van der Waals surface area contributed by atoms with Gasteiger partial charge in [0.25, 0.3) is 0 Å². The first-order valence-electron chi connectivity index (χ1n) is 8.15. The number of alkyl halides is 6. The fourth-order valence-electron chi connectivity index (χ4n) is 3.29.